The van der Waals surface area contributed by atoms with Crippen molar-refractivity contribution in [3.8, 4) is 11.5 Å². The Kier molecular flexibility index (Phi) is 19.4. The molecule has 3 fully saturated rings. The third-order valence-corrected chi connectivity index (χ3v) is 13.8. The Hall–Kier alpha value is -4.69. The highest BCUT2D eigenvalue weighted by molar-refractivity contribution is 8.00. The zero-order chi connectivity index (χ0) is 44.2. The number of fused-ring (bicyclic) bond motifs is 1. The van der Waals surface area contributed by atoms with Gasteiger partial charge in [-0.3, -0.25) is 19.2 Å². The first-order valence-corrected chi connectivity index (χ1v) is 24.3. The second-order valence-corrected chi connectivity index (χ2v) is 18.7. The van der Waals surface area contributed by atoms with Gasteiger partial charge in [-0.15, -0.1) is 0 Å². The standard InChI is InChI=1S/C48H64ClN5O8S/c49-36-17-25-40(26-18-36)62-31-45(57)52-38-21-19-37(20-22-38)51-44(56)30-61-39-23-15-34(16-24-39)35-14-13-33(29-35)9-3-1-4-12-46(58)60-28-8-2-7-27-50-43(55)11-6-5-10-42-47-41(32-63-42)53-48(59)54-47/h13-18,23-26,37-38,41-42,47H,1-12,19-22,27-32H2,(H,50,55)(H,51,56)(H,52,57)(H2,53,54,59)/t37-,38-,41-,42+,47-/m0/s1. The second kappa shape index (κ2) is 25.6. The number of carbonyl (C=O) groups excluding carboxylic acids is 5. The Morgan fingerprint density at radius 1 is 0.714 bits per heavy atom. The molecule has 63 heavy (non-hydrogen) atoms. The van der Waals surface area contributed by atoms with Crippen molar-refractivity contribution in [3.05, 3.63) is 76.8 Å². The lowest BCUT2D eigenvalue weighted by Crippen LogP contribution is -2.45. The highest BCUT2D eigenvalue weighted by Crippen LogP contribution is 2.34. The van der Waals surface area contributed by atoms with Gasteiger partial charge in [0.05, 0.1) is 18.7 Å². The number of rotatable bonds is 26. The lowest BCUT2D eigenvalue weighted by molar-refractivity contribution is -0.144. The van der Waals surface area contributed by atoms with Crippen LogP contribution in [0, 0.1) is 0 Å². The van der Waals surface area contributed by atoms with Crippen molar-refractivity contribution in [3.63, 3.8) is 0 Å². The Morgan fingerprint density at radius 2 is 1.37 bits per heavy atom. The van der Waals surface area contributed by atoms with Crippen LogP contribution in [0.15, 0.2) is 66.3 Å². The number of urea groups is 1. The first kappa shape index (κ1) is 47.8. The summed E-state index contributed by atoms with van der Waals surface area (Å²) < 4.78 is 16.7. The average Bonchev–Trinajstić information content (AvgIpc) is 4.01. The Morgan fingerprint density at radius 3 is 2.06 bits per heavy atom. The molecule has 0 bridgehead atoms. The van der Waals surface area contributed by atoms with Gasteiger partial charge >= 0.3 is 12.0 Å². The Bertz CT molecular complexity index is 1890. The van der Waals surface area contributed by atoms with E-state index in [0.29, 0.717) is 47.8 Å². The predicted octanol–water partition coefficient (Wildman–Crippen LogP) is 7.56. The van der Waals surface area contributed by atoms with Gasteiger partial charge in [0.1, 0.15) is 11.5 Å². The van der Waals surface area contributed by atoms with E-state index in [1.807, 2.05) is 36.0 Å². The summed E-state index contributed by atoms with van der Waals surface area (Å²) in [7, 11) is 0. The van der Waals surface area contributed by atoms with Crippen molar-refractivity contribution in [1.82, 2.24) is 26.6 Å². The molecule has 0 radical (unpaired) electrons. The van der Waals surface area contributed by atoms with Gasteiger partial charge in [-0.25, -0.2) is 4.79 Å². The zero-order valence-electron chi connectivity index (χ0n) is 36.3. The van der Waals surface area contributed by atoms with Gasteiger partial charge in [0, 0.05) is 47.5 Å². The van der Waals surface area contributed by atoms with Crippen molar-refractivity contribution in [2.45, 2.75) is 139 Å². The molecule has 2 aromatic carbocycles. The molecule has 3 atom stereocenters. The minimum atomic E-state index is -0.168. The molecule has 4 aliphatic rings. The number of benzene rings is 2. The van der Waals surface area contributed by atoms with E-state index in [1.54, 1.807) is 24.3 Å². The van der Waals surface area contributed by atoms with Gasteiger partial charge in [-0.1, -0.05) is 54.3 Å². The fourth-order valence-corrected chi connectivity index (χ4v) is 10.2. The van der Waals surface area contributed by atoms with Crippen LogP contribution in [0.3, 0.4) is 0 Å². The highest BCUT2D eigenvalue weighted by atomic mass is 35.5. The van der Waals surface area contributed by atoms with Crippen LogP contribution in [0.25, 0.3) is 5.57 Å². The van der Waals surface area contributed by atoms with Crippen LogP contribution in [0.1, 0.15) is 115 Å². The average molecular weight is 907 g/mol. The summed E-state index contributed by atoms with van der Waals surface area (Å²) in [5.74, 6) is 1.81. The Balaban J connectivity index is 0.710. The molecule has 2 aliphatic carbocycles. The molecule has 2 aromatic rings. The number of carbonyl (C=O) groups is 5. The van der Waals surface area contributed by atoms with Crippen LogP contribution >= 0.6 is 23.4 Å². The van der Waals surface area contributed by atoms with E-state index >= 15 is 0 Å². The number of esters is 1. The predicted molar refractivity (Wildman–Crippen MR) is 247 cm³/mol. The van der Waals surface area contributed by atoms with Crippen molar-refractivity contribution in [2.24, 2.45) is 0 Å². The van der Waals surface area contributed by atoms with Gasteiger partial charge in [0.25, 0.3) is 11.8 Å². The van der Waals surface area contributed by atoms with Crippen molar-refractivity contribution in [2.75, 3.05) is 32.1 Å². The molecule has 15 heteroatoms. The van der Waals surface area contributed by atoms with Crippen LogP contribution in [0.4, 0.5) is 4.79 Å². The zero-order valence-corrected chi connectivity index (χ0v) is 37.8. The molecule has 5 N–H and O–H groups in total. The molecule has 2 saturated heterocycles. The third kappa shape index (κ3) is 16.7. The maximum Gasteiger partial charge on any atom is 0.315 e. The number of hydrogen-bond acceptors (Lipinski definition) is 9. The fourth-order valence-electron chi connectivity index (χ4n) is 8.52. The largest absolute Gasteiger partial charge is 0.484 e. The normalized spacial score (nSPS) is 21.3. The lowest BCUT2D eigenvalue weighted by Gasteiger charge is -2.29. The SMILES string of the molecule is O=C(CCCC[C@H]1SC[C@@H]2NC(=O)N[C@@H]21)NCCCCCOC(=O)CCCCCC1=CC=C(c2ccc(OCC(=O)N[C@H]3CC[C@H](NC(=O)COc4ccc(Cl)cc4)CC3)cc2)C1. The monoisotopic (exact) mass is 905 g/mol. The molecule has 0 spiro atoms. The van der Waals surface area contributed by atoms with E-state index in [0.717, 1.165) is 108 Å². The summed E-state index contributed by atoms with van der Waals surface area (Å²) in [5, 5.41) is 16.1. The topological polar surface area (TPSA) is 173 Å². The number of nitrogens with one attached hydrogen (secondary N) is 5. The van der Waals surface area contributed by atoms with Crippen LogP contribution in [-0.4, -0.2) is 91.3 Å². The summed E-state index contributed by atoms with van der Waals surface area (Å²) in [5.41, 5.74) is 3.77. The number of halogens is 1. The summed E-state index contributed by atoms with van der Waals surface area (Å²) in [6.45, 7) is 0.947. The maximum atomic E-state index is 12.6. The highest BCUT2D eigenvalue weighted by Gasteiger charge is 2.42. The summed E-state index contributed by atoms with van der Waals surface area (Å²) >= 11 is 7.80. The molecule has 0 unspecified atom stereocenters. The molecule has 13 nitrogen and oxygen atoms in total. The fraction of sp³-hybridized carbons (Fsp3) is 0.562. The summed E-state index contributed by atoms with van der Waals surface area (Å²) in [4.78, 5) is 60.9. The van der Waals surface area contributed by atoms with Crippen LogP contribution < -0.4 is 36.1 Å². The van der Waals surface area contributed by atoms with Gasteiger partial charge in [-0.2, -0.15) is 11.8 Å². The number of allylic oxidation sites excluding steroid dienone is 4. The quantitative estimate of drug-likeness (QED) is 0.0363. The molecule has 5 amide bonds. The molecule has 342 valence electrons. The van der Waals surface area contributed by atoms with Crippen LogP contribution in [0.5, 0.6) is 11.5 Å². The molecule has 2 heterocycles. The van der Waals surface area contributed by atoms with E-state index in [1.165, 1.54) is 11.1 Å². The number of hydrogen-bond donors (Lipinski definition) is 5. The minimum Gasteiger partial charge on any atom is -0.484 e. The van der Waals surface area contributed by atoms with Crippen LogP contribution in [-0.2, 0) is 23.9 Å². The van der Waals surface area contributed by atoms with E-state index in [9.17, 15) is 24.0 Å². The first-order chi connectivity index (χ1) is 30.7. The number of ether oxygens (including phenoxy) is 3. The van der Waals surface area contributed by atoms with Crippen molar-refractivity contribution in [1.29, 1.82) is 0 Å². The molecular weight excluding hydrogens is 842 g/mol. The van der Waals surface area contributed by atoms with Crippen LogP contribution in [0.2, 0.25) is 5.02 Å². The van der Waals surface area contributed by atoms with Crippen molar-refractivity contribution < 1.29 is 38.2 Å². The first-order valence-electron chi connectivity index (χ1n) is 22.9. The summed E-state index contributed by atoms with van der Waals surface area (Å²) in [6, 6.07) is 15.3. The molecule has 1 saturated carbocycles. The van der Waals surface area contributed by atoms with Gasteiger partial charge in [0.2, 0.25) is 5.91 Å². The van der Waals surface area contributed by atoms with Crippen molar-refractivity contribution >= 4 is 58.7 Å². The smallest absolute Gasteiger partial charge is 0.315 e. The molecule has 6 rings (SSSR count). The molecular formula is C48H64ClN5O8S. The van der Waals surface area contributed by atoms with E-state index in [2.05, 4.69) is 38.7 Å². The lowest BCUT2D eigenvalue weighted by atomic mass is 9.91. The molecule has 2 aliphatic heterocycles. The second-order valence-electron chi connectivity index (χ2n) is 17.0. The van der Waals surface area contributed by atoms with E-state index < -0.39 is 0 Å². The Labute approximate surface area is 381 Å². The van der Waals surface area contributed by atoms with E-state index in [4.69, 9.17) is 25.8 Å². The summed E-state index contributed by atoms with van der Waals surface area (Å²) in [6.07, 6.45) is 18.6. The number of thioether (sulfide) groups is 1. The number of amides is 5. The van der Waals surface area contributed by atoms with E-state index in [-0.39, 0.29) is 67.1 Å². The maximum absolute atomic E-state index is 12.6. The minimum absolute atomic E-state index is 0.0515. The number of unbranched alkanes of at least 4 members (excludes halogenated alkanes) is 5. The third-order valence-electron chi connectivity index (χ3n) is 12.0. The van der Waals surface area contributed by atoms with Gasteiger partial charge < -0.3 is 40.8 Å². The molecule has 0 aromatic heterocycles. The van der Waals surface area contributed by atoms with Gasteiger partial charge in [-0.05, 0) is 131 Å². The van der Waals surface area contributed by atoms with Gasteiger partial charge in [0.15, 0.2) is 13.2 Å².